The lowest BCUT2D eigenvalue weighted by Crippen LogP contribution is -2.32. The van der Waals surface area contributed by atoms with E-state index in [-0.39, 0.29) is 4.90 Å². The Morgan fingerprint density at radius 2 is 1.83 bits per heavy atom. The molecule has 0 saturated carbocycles. The molecular weight excluding hydrogens is 384 g/mol. The van der Waals surface area contributed by atoms with Crippen molar-refractivity contribution in [2.75, 3.05) is 19.6 Å². The number of aryl methyl sites for hydroxylation is 2. The van der Waals surface area contributed by atoms with E-state index in [0.717, 1.165) is 62.1 Å². The second kappa shape index (κ2) is 8.38. The molecule has 1 aromatic carbocycles. The van der Waals surface area contributed by atoms with E-state index in [0.29, 0.717) is 0 Å². The molecule has 29 heavy (non-hydrogen) atoms. The summed E-state index contributed by atoms with van der Waals surface area (Å²) in [5.74, 6) is 0. The smallest absolute Gasteiger partial charge is 0.294 e. The van der Waals surface area contributed by atoms with Crippen molar-refractivity contribution in [3.8, 4) is 0 Å². The molecule has 1 aromatic heterocycles. The van der Waals surface area contributed by atoms with Crippen LogP contribution in [0.2, 0.25) is 0 Å². The van der Waals surface area contributed by atoms with Gasteiger partial charge in [0.2, 0.25) is 0 Å². The average molecular weight is 413 g/mol. The summed E-state index contributed by atoms with van der Waals surface area (Å²) >= 11 is 0. The zero-order valence-electron chi connectivity index (χ0n) is 16.9. The molecule has 2 aliphatic rings. The minimum absolute atomic E-state index is 0.0334. The molecule has 0 bridgehead atoms. The first-order valence-corrected chi connectivity index (χ1v) is 11.9. The van der Waals surface area contributed by atoms with E-state index in [2.05, 4.69) is 17.9 Å². The third kappa shape index (κ3) is 4.29. The molecule has 1 saturated heterocycles. The monoisotopic (exact) mass is 412 g/mol. The van der Waals surface area contributed by atoms with Crippen molar-refractivity contribution in [3.63, 3.8) is 0 Å². The lowest BCUT2D eigenvalue weighted by Gasteiger charge is -2.30. The van der Waals surface area contributed by atoms with E-state index in [1.807, 2.05) is 18.3 Å². The highest BCUT2D eigenvalue weighted by atomic mass is 32.2. The number of nitrogens with zero attached hydrogens (tertiary/aromatic N) is 2. The van der Waals surface area contributed by atoms with Crippen LogP contribution in [0.4, 0.5) is 0 Å². The van der Waals surface area contributed by atoms with E-state index in [1.54, 1.807) is 6.07 Å². The average Bonchev–Trinajstić information content (AvgIpc) is 2.88. The van der Waals surface area contributed by atoms with Crippen molar-refractivity contribution in [1.29, 1.82) is 0 Å². The van der Waals surface area contributed by atoms with Crippen molar-refractivity contribution >= 4 is 15.7 Å². The Morgan fingerprint density at radius 3 is 2.55 bits per heavy atom. The minimum atomic E-state index is -4.21. The fourth-order valence-corrected chi connectivity index (χ4v) is 5.01. The summed E-state index contributed by atoms with van der Waals surface area (Å²) in [6.07, 6.45) is 7.85. The molecule has 0 radical (unpaired) electrons. The number of benzene rings is 1. The van der Waals surface area contributed by atoms with E-state index >= 15 is 0 Å². The lowest BCUT2D eigenvalue weighted by molar-refractivity contribution is 0.253. The van der Waals surface area contributed by atoms with E-state index in [9.17, 15) is 13.0 Å². The number of rotatable bonds is 4. The number of piperidine rings is 1. The molecule has 1 aliphatic heterocycles. The van der Waals surface area contributed by atoms with Gasteiger partial charge in [0, 0.05) is 24.9 Å². The maximum absolute atomic E-state index is 11.7. The van der Waals surface area contributed by atoms with Gasteiger partial charge in [0.1, 0.15) is 0 Å². The van der Waals surface area contributed by atoms with E-state index in [1.165, 1.54) is 35.6 Å². The van der Waals surface area contributed by atoms with Gasteiger partial charge in [-0.2, -0.15) is 8.42 Å². The first kappa shape index (κ1) is 20.3. The molecule has 1 aliphatic carbocycles. The highest BCUT2D eigenvalue weighted by molar-refractivity contribution is 7.85. The number of hydrogen-bond acceptors (Lipinski definition) is 4. The number of aromatic nitrogens is 1. The summed E-state index contributed by atoms with van der Waals surface area (Å²) < 4.78 is 32.8. The van der Waals surface area contributed by atoms with Crippen LogP contribution in [0.15, 0.2) is 47.0 Å². The molecule has 1 fully saturated rings. The Labute approximate surface area is 173 Å². The Morgan fingerprint density at radius 1 is 1.07 bits per heavy atom. The number of likely N-dealkylation sites (tertiary alicyclic amines) is 1. The SMILES string of the molecule is CCCCN1CCC(=C2c3ccc(S(=O)(=O)O)cc3CCc3cccnc32)CC1. The van der Waals surface area contributed by atoms with Gasteiger partial charge in [0.05, 0.1) is 10.6 Å². The van der Waals surface area contributed by atoms with Gasteiger partial charge in [0.25, 0.3) is 10.1 Å². The third-order valence-electron chi connectivity index (χ3n) is 6.08. The second-order valence-corrected chi connectivity index (χ2v) is 9.40. The zero-order chi connectivity index (χ0) is 20.4. The molecular formula is C23H28N2O3S. The van der Waals surface area contributed by atoms with E-state index < -0.39 is 10.1 Å². The van der Waals surface area contributed by atoms with Crippen LogP contribution in [-0.4, -0.2) is 42.5 Å². The van der Waals surface area contributed by atoms with Gasteiger partial charge in [-0.25, -0.2) is 0 Å². The predicted octanol–water partition coefficient (Wildman–Crippen LogP) is 4.12. The summed E-state index contributed by atoms with van der Waals surface area (Å²) in [6, 6.07) is 9.09. The summed E-state index contributed by atoms with van der Waals surface area (Å²) in [5, 5.41) is 0. The van der Waals surface area contributed by atoms with Gasteiger partial charge >= 0.3 is 0 Å². The summed E-state index contributed by atoms with van der Waals surface area (Å²) in [4.78, 5) is 7.24. The highest BCUT2D eigenvalue weighted by Gasteiger charge is 2.26. The van der Waals surface area contributed by atoms with Gasteiger partial charge in [0.15, 0.2) is 0 Å². The Kier molecular flexibility index (Phi) is 5.86. The fraction of sp³-hybridized carbons (Fsp3) is 0.435. The molecule has 0 atom stereocenters. The van der Waals surface area contributed by atoms with Crippen molar-refractivity contribution in [1.82, 2.24) is 9.88 Å². The largest absolute Gasteiger partial charge is 0.303 e. The molecule has 0 unspecified atom stereocenters. The van der Waals surface area contributed by atoms with Gasteiger partial charge in [-0.3, -0.25) is 9.54 Å². The van der Waals surface area contributed by atoms with Crippen molar-refractivity contribution in [2.24, 2.45) is 0 Å². The third-order valence-corrected chi connectivity index (χ3v) is 6.93. The molecule has 154 valence electrons. The maximum atomic E-state index is 11.7. The van der Waals surface area contributed by atoms with Gasteiger partial charge < -0.3 is 4.90 Å². The summed E-state index contributed by atoms with van der Waals surface area (Å²) in [5.41, 5.74) is 6.84. The Bertz CT molecular complexity index is 1030. The molecule has 0 amide bonds. The van der Waals surface area contributed by atoms with Crippen LogP contribution in [0.25, 0.3) is 5.57 Å². The molecule has 2 aromatic rings. The van der Waals surface area contributed by atoms with Crippen LogP contribution >= 0.6 is 0 Å². The first-order chi connectivity index (χ1) is 14.0. The van der Waals surface area contributed by atoms with E-state index in [4.69, 9.17) is 4.98 Å². The predicted molar refractivity (Wildman–Crippen MR) is 115 cm³/mol. The number of hydrogen-bond donors (Lipinski definition) is 1. The summed E-state index contributed by atoms with van der Waals surface area (Å²) in [7, 11) is -4.21. The highest BCUT2D eigenvalue weighted by Crippen LogP contribution is 2.38. The van der Waals surface area contributed by atoms with Crippen molar-refractivity contribution < 1.29 is 13.0 Å². The van der Waals surface area contributed by atoms with Crippen molar-refractivity contribution in [2.45, 2.75) is 50.3 Å². The van der Waals surface area contributed by atoms with Gasteiger partial charge in [-0.05, 0) is 73.5 Å². The van der Waals surface area contributed by atoms with Crippen molar-refractivity contribution in [3.05, 3.63) is 64.5 Å². The first-order valence-electron chi connectivity index (χ1n) is 10.5. The molecule has 6 heteroatoms. The quantitative estimate of drug-likeness (QED) is 0.765. The summed E-state index contributed by atoms with van der Waals surface area (Å²) in [6.45, 7) is 5.49. The maximum Gasteiger partial charge on any atom is 0.294 e. The fourth-order valence-electron chi connectivity index (χ4n) is 4.48. The number of unbranched alkanes of at least 4 members (excludes halogenated alkanes) is 1. The molecule has 1 N–H and O–H groups in total. The van der Waals surface area contributed by atoms with Crippen LogP contribution in [-0.2, 0) is 23.0 Å². The molecule has 4 rings (SSSR count). The number of pyridine rings is 1. The topological polar surface area (TPSA) is 70.5 Å². The van der Waals surface area contributed by atoms with Crippen LogP contribution < -0.4 is 0 Å². The Balaban J connectivity index is 1.79. The molecule has 0 spiro atoms. The lowest BCUT2D eigenvalue weighted by atomic mass is 9.88. The van der Waals surface area contributed by atoms with Gasteiger partial charge in [-0.15, -0.1) is 0 Å². The van der Waals surface area contributed by atoms with Crippen LogP contribution in [0.1, 0.15) is 55.0 Å². The minimum Gasteiger partial charge on any atom is -0.303 e. The van der Waals surface area contributed by atoms with Gasteiger partial charge in [-0.1, -0.05) is 31.1 Å². The molecule has 5 nitrogen and oxygen atoms in total. The number of fused-ring (bicyclic) bond motifs is 2. The van der Waals surface area contributed by atoms with Crippen LogP contribution in [0.5, 0.6) is 0 Å². The zero-order valence-corrected chi connectivity index (χ0v) is 17.7. The molecule has 2 heterocycles. The second-order valence-electron chi connectivity index (χ2n) is 7.98. The normalized spacial score (nSPS) is 17.6. The Hall–Kier alpha value is -2.02. The van der Waals surface area contributed by atoms with Crippen LogP contribution in [0.3, 0.4) is 0 Å². The standard InChI is InChI=1S/C23H28N2O3S/c1-2-3-13-25-14-10-17(11-15-25)22-21-9-8-20(29(26,27)28)16-19(21)7-6-18-5-4-12-24-23(18)22/h4-5,8-9,12,16H,2-3,6-7,10-11,13-15H2,1H3,(H,26,27,28). The van der Waals surface area contributed by atoms with Crippen LogP contribution in [0, 0.1) is 0 Å².